The van der Waals surface area contributed by atoms with Crippen LogP contribution in [-0.4, -0.2) is 233 Å². The normalized spacial score (nSPS) is 46.2. The predicted octanol–water partition coefficient (Wildman–Crippen LogP) is -5.89. The van der Waals surface area contributed by atoms with Crippen molar-refractivity contribution in [2.45, 2.75) is 175 Å². The molecule has 0 bridgehead atoms. The highest BCUT2D eigenvalue weighted by Crippen LogP contribution is 2.53. The molecule has 2 aliphatic carbocycles. The standard InChI is InChI=1S/C39H64O22/c1-14-6-17(55-36-30(53)26(49)34(61-36)22(12-43)57-38-29(52)24(47)32(59-38)20(45)10-41)8-39(3)5-4-16(7-18(14)39)15(2)13-54-35-27(50)25(48)33(60-35)21(11-42)56-37-28(51)23(46)31(58-37)19(44)9-40/h16-17,19-38,40-53H,2,4-13H2,1,3H3. The van der Waals surface area contributed by atoms with E-state index in [1.165, 1.54) is 5.57 Å². The largest absolute Gasteiger partial charge is 0.394 e. The zero-order valence-corrected chi connectivity index (χ0v) is 34.0. The Labute approximate surface area is 351 Å². The van der Waals surface area contributed by atoms with Crippen LogP contribution in [0.4, 0.5) is 0 Å². The van der Waals surface area contributed by atoms with Crippen LogP contribution in [0.1, 0.15) is 46.0 Å². The van der Waals surface area contributed by atoms with Gasteiger partial charge in [0.25, 0.3) is 0 Å². The first kappa shape index (κ1) is 49.0. The van der Waals surface area contributed by atoms with Crippen LogP contribution in [0.15, 0.2) is 23.3 Å². The maximum atomic E-state index is 10.9. The Kier molecular flexibility index (Phi) is 16.4. The number of ether oxygens (including phenoxy) is 8. The SMILES string of the molecule is C=C(COC1OC(C(CO)OC2OC(C(O)CO)C(O)C2O)C(O)C1O)C1CCC2(C)CC(OC3OC(C(CO)OC4OC(C(O)CO)C(O)C4O)C(O)C3O)CC(C)=C2C1. The maximum Gasteiger partial charge on any atom is 0.187 e. The highest BCUT2D eigenvalue weighted by Gasteiger charge is 2.54. The van der Waals surface area contributed by atoms with E-state index in [0.29, 0.717) is 31.3 Å². The third-order valence-electron chi connectivity index (χ3n) is 13.2. The van der Waals surface area contributed by atoms with Gasteiger partial charge in [-0.1, -0.05) is 24.6 Å². The Balaban J connectivity index is 1.000. The lowest BCUT2D eigenvalue weighted by atomic mass is 9.60. The first-order chi connectivity index (χ1) is 28.9. The van der Waals surface area contributed by atoms with E-state index in [1.807, 2.05) is 6.92 Å². The Morgan fingerprint density at radius 1 is 0.639 bits per heavy atom. The van der Waals surface area contributed by atoms with Crippen LogP contribution in [0, 0.1) is 11.3 Å². The Morgan fingerprint density at radius 2 is 1.08 bits per heavy atom. The fraction of sp³-hybridized carbons (Fsp3) is 0.897. The van der Waals surface area contributed by atoms with Gasteiger partial charge in [-0.15, -0.1) is 0 Å². The summed E-state index contributed by atoms with van der Waals surface area (Å²) in [6.07, 6.45) is -27.1. The molecule has 0 aromatic heterocycles. The molecule has 0 aromatic rings. The summed E-state index contributed by atoms with van der Waals surface area (Å²) in [6, 6.07) is 0. The molecule has 0 spiro atoms. The number of rotatable bonds is 18. The number of hydrogen-bond acceptors (Lipinski definition) is 22. The predicted molar refractivity (Wildman–Crippen MR) is 200 cm³/mol. The van der Waals surface area contributed by atoms with Gasteiger partial charge in [0.15, 0.2) is 25.2 Å². The first-order valence-electron chi connectivity index (χ1n) is 20.7. The van der Waals surface area contributed by atoms with Gasteiger partial charge in [0.05, 0.1) is 39.1 Å². The molecular formula is C39H64O22. The summed E-state index contributed by atoms with van der Waals surface area (Å²) in [5, 5.41) is 143. The molecule has 5 fully saturated rings. The topological polar surface area (TPSA) is 357 Å². The van der Waals surface area contributed by atoms with Crippen molar-refractivity contribution in [1.82, 2.24) is 0 Å². The average Bonchev–Trinajstić information content (AvgIpc) is 3.89. The number of aliphatic hydroxyl groups excluding tert-OH is 14. The molecule has 22 nitrogen and oxygen atoms in total. The summed E-state index contributed by atoms with van der Waals surface area (Å²) >= 11 is 0. The van der Waals surface area contributed by atoms with E-state index in [-0.39, 0.29) is 17.9 Å². The van der Waals surface area contributed by atoms with E-state index in [4.69, 9.17) is 37.9 Å². The van der Waals surface area contributed by atoms with Gasteiger partial charge in [-0.2, -0.15) is 0 Å². The summed E-state index contributed by atoms with van der Waals surface area (Å²) in [6.45, 7) is 5.29. The molecule has 0 radical (unpaired) electrons. The van der Waals surface area contributed by atoms with Gasteiger partial charge in [-0.05, 0) is 55.9 Å². The summed E-state index contributed by atoms with van der Waals surface area (Å²) in [7, 11) is 0. The van der Waals surface area contributed by atoms with E-state index in [9.17, 15) is 71.5 Å². The molecule has 4 aliphatic heterocycles. The minimum atomic E-state index is -1.67. The van der Waals surface area contributed by atoms with E-state index >= 15 is 0 Å². The molecule has 23 atom stereocenters. The van der Waals surface area contributed by atoms with Gasteiger partial charge in [-0.25, -0.2) is 0 Å². The lowest BCUT2D eigenvalue weighted by Crippen LogP contribution is -2.46. The molecule has 352 valence electrons. The minimum Gasteiger partial charge on any atom is -0.394 e. The molecule has 6 rings (SSSR count). The van der Waals surface area contributed by atoms with E-state index in [0.717, 1.165) is 12.0 Å². The second-order valence-corrected chi connectivity index (χ2v) is 17.4. The number of allylic oxidation sites excluding steroid dienone is 1. The average molecular weight is 885 g/mol. The van der Waals surface area contributed by atoms with E-state index in [1.54, 1.807) is 0 Å². The van der Waals surface area contributed by atoms with Crippen molar-refractivity contribution in [1.29, 1.82) is 0 Å². The van der Waals surface area contributed by atoms with Gasteiger partial charge in [0, 0.05) is 0 Å². The van der Waals surface area contributed by atoms with Crippen molar-refractivity contribution in [3.05, 3.63) is 23.3 Å². The van der Waals surface area contributed by atoms with Gasteiger partial charge in [0.1, 0.15) is 97.7 Å². The molecule has 6 aliphatic rings. The molecule has 23 unspecified atom stereocenters. The van der Waals surface area contributed by atoms with Crippen LogP contribution < -0.4 is 0 Å². The third kappa shape index (κ3) is 10.1. The van der Waals surface area contributed by atoms with Gasteiger partial charge in [0.2, 0.25) is 0 Å². The smallest absolute Gasteiger partial charge is 0.187 e. The van der Waals surface area contributed by atoms with Crippen molar-refractivity contribution >= 4 is 0 Å². The molecule has 0 aromatic carbocycles. The molecule has 14 N–H and O–H groups in total. The van der Waals surface area contributed by atoms with Crippen LogP contribution in [0.3, 0.4) is 0 Å². The monoisotopic (exact) mass is 884 g/mol. The highest BCUT2D eigenvalue weighted by atomic mass is 16.8. The lowest BCUT2D eigenvalue weighted by molar-refractivity contribution is -0.249. The van der Waals surface area contributed by atoms with Crippen LogP contribution in [0.5, 0.6) is 0 Å². The summed E-state index contributed by atoms with van der Waals surface area (Å²) < 4.78 is 45.7. The third-order valence-corrected chi connectivity index (χ3v) is 13.2. The van der Waals surface area contributed by atoms with Crippen LogP contribution in [-0.2, 0) is 37.9 Å². The quantitative estimate of drug-likeness (QED) is 0.0570. The Bertz CT molecular complexity index is 1490. The number of aliphatic hydroxyl groups is 14. The van der Waals surface area contributed by atoms with Gasteiger partial charge in [-0.3, -0.25) is 0 Å². The first-order valence-corrected chi connectivity index (χ1v) is 20.7. The molecular weight excluding hydrogens is 820 g/mol. The van der Waals surface area contributed by atoms with Crippen LogP contribution in [0.25, 0.3) is 0 Å². The van der Waals surface area contributed by atoms with Gasteiger partial charge < -0.3 is 109 Å². The van der Waals surface area contributed by atoms with Gasteiger partial charge >= 0.3 is 0 Å². The molecule has 1 saturated carbocycles. The summed E-state index contributed by atoms with van der Waals surface area (Å²) in [4.78, 5) is 0. The number of fused-ring (bicyclic) bond motifs is 1. The van der Waals surface area contributed by atoms with Crippen LogP contribution >= 0.6 is 0 Å². The van der Waals surface area contributed by atoms with Crippen molar-refractivity contribution in [2.24, 2.45) is 11.3 Å². The molecule has 4 saturated heterocycles. The lowest BCUT2D eigenvalue weighted by Gasteiger charge is -2.47. The Morgan fingerprint density at radius 3 is 1.57 bits per heavy atom. The van der Waals surface area contributed by atoms with Crippen molar-refractivity contribution < 1.29 is 109 Å². The fourth-order valence-electron chi connectivity index (χ4n) is 9.55. The zero-order chi connectivity index (χ0) is 44.7. The van der Waals surface area contributed by atoms with E-state index < -0.39 is 155 Å². The summed E-state index contributed by atoms with van der Waals surface area (Å²) in [5.41, 5.74) is 2.67. The molecule has 4 heterocycles. The van der Waals surface area contributed by atoms with Crippen LogP contribution in [0.2, 0.25) is 0 Å². The summed E-state index contributed by atoms with van der Waals surface area (Å²) in [5.74, 6) is -0.0186. The molecule has 0 amide bonds. The van der Waals surface area contributed by atoms with E-state index in [2.05, 4.69) is 13.5 Å². The molecule has 61 heavy (non-hydrogen) atoms. The van der Waals surface area contributed by atoms with Crippen molar-refractivity contribution in [3.63, 3.8) is 0 Å². The second-order valence-electron chi connectivity index (χ2n) is 17.4. The number of hydrogen-bond donors (Lipinski definition) is 14. The maximum absolute atomic E-state index is 10.9. The second kappa shape index (κ2) is 20.4. The Hall–Kier alpha value is -1.40. The minimum absolute atomic E-state index is 0.0186. The van der Waals surface area contributed by atoms with Crippen molar-refractivity contribution in [3.8, 4) is 0 Å². The fourth-order valence-corrected chi connectivity index (χ4v) is 9.55. The highest BCUT2D eigenvalue weighted by molar-refractivity contribution is 5.29. The zero-order valence-electron chi connectivity index (χ0n) is 34.0. The van der Waals surface area contributed by atoms with Crippen molar-refractivity contribution in [2.75, 3.05) is 33.0 Å². The molecule has 22 heteroatoms.